The lowest BCUT2D eigenvalue weighted by Gasteiger charge is -2.32. The molecule has 32 heavy (non-hydrogen) atoms. The zero-order valence-electron chi connectivity index (χ0n) is 18.3. The Morgan fingerprint density at radius 2 is 1.78 bits per heavy atom. The molecule has 1 saturated heterocycles. The molecule has 0 saturated carbocycles. The number of amides is 2. The van der Waals surface area contributed by atoms with Gasteiger partial charge >= 0.3 is 5.69 Å². The summed E-state index contributed by atoms with van der Waals surface area (Å²) >= 11 is 0. The Balaban J connectivity index is 1.39. The van der Waals surface area contributed by atoms with E-state index in [1.54, 1.807) is 28.8 Å². The lowest BCUT2D eigenvalue weighted by Crippen LogP contribution is -2.39. The van der Waals surface area contributed by atoms with Crippen LogP contribution in [0.5, 0.6) is 0 Å². The Hall–Kier alpha value is -3.68. The molecule has 2 heterocycles. The summed E-state index contributed by atoms with van der Waals surface area (Å²) in [4.78, 5) is 38.3. The monoisotopic (exact) mass is 433 g/mol. The second-order valence-electron chi connectivity index (χ2n) is 8.27. The summed E-state index contributed by atoms with van der Waals surface area (Å²) in [6.07, 6.45) is 2.38. The number of benzene rings is 2. The Morgan fingerprint density at radius 3 is 2.44 bits per heavy atom. The van der Waals surface area contributed by atoms with Gasteiger partial charge in [-0.1, -0.05) is 18.2 Å². The van der Waals surface area contributed by atoms with Gasteiger partial charge in [0.25, 0.3) is 5.91 Å². The summed E-state index contributed by atoms with van der Waals surface area (Å²) in [5.41, 5.74) is 2.91. The molecule has 0 spiro atoms. The molecule has 0 unspecified atom stereocenters. The van der Waals surface area contributed by atoms with Gasteiger partial charge in [-0.05, 0) is 61.6 Å². The predicted octanol–water partition coefficient (Wildman–Crippen LogP) is 2.92. The average molecular weight is 434 g/mol. The van der Waals surface area contributed by atoms with Gasteiger partial charge in [-0.15, -0.1) is 0 Å². The van der Waals surface area contributed by atoms with Gasteiger partial charge in [-0.3, -0.25) is 9.59 Å². The van der Waals surface area contributed by atoms with Crippen LogP contribution in [0.4, 0.5) is 5.69 Å². The number of aromatic nitrogens is 3. The fourth-order valence-corrected chi connectivity index (χ4v) is 4.21. The third kappa shape index (κ3) is 4.64. The summed E-state index contributed by atoms with van der Waals surface area (Å²) in [5, 5.41) is 9.56. The van der Waals surface area contributed by atoms with E-state index in [-0.39, 0.29) is 17.5 Å². The van der Waals surface area contributed by atoms with Crippen LogP contribution in [0.15, 0.2) is 53.3 Å². The van der Waals surface area contributed by atoms with Crippen LogP contribution in [0.25, 0.3) is 5.69 Å². The van der Waals surface area contributed by atoms with Crippen molar-refractivity contribution in [2.75, 3.05) is 18.4 Å². The molecular formula is C24H27N5O3. The van der Waals surface area contributed by atoms with Crippen LogP contribution in [0, 0.1) is 12.8 Å². The first-order valence-electron chi connectivity index (χ1n) is 10.8. The fraction of sp³-hybridized carbons (Fsp3) is 0.333. The first-order chi connectivity index (χ1) is 15.4. The normalized spacial score (nSPS) is 14.4. The Labute approximate surface area is 186 Å². The van der Waals surface area contributed by atoms with Crippen LogP contribution in [0.2, 0.25) is 0 Å². The number of carbonyl (C=O) groups excluding carboxylic acids is 2. The fourth-order valence-electron chi connectivity index (χ4n) is 4.21. The van der Waals surface area contributed by atoms with Crippen molar-refractivity contribution in [1.29, 1.82) is 0 Å². The first kappa shape index (κ1) is 21.5. The maximum absolute atomic E-state index is 12.9. The van der Waals surface area contributed by atoms with Crippen LogP contribution in [-0.4, -0.2) is 44.6 Å². The zero-order chi connectivity index (χ0) is 22.7. The Bertz CT molecular complexity index is 1170. The van der Waals surface area contributed by atoms with Crippen molar-refractivity contribution in [3.63, 3.8) is 0 Å². The third-order valence-corrected chi connectivity index (χ3v) is 5.92. The number of hydrogen-bond acceptors (Lipinski definition) is 4. The van der Waals surface area contributed by atoms with E-state index in [2.05, 4.69) is 15.5 Å². The second-order valence-corrected chi connectivity index (χ2v) is 8.27. The second kappa shape index (κ2) is 9.21. The van der Waals surface area contributed by atoms with Crippen molar-refractivity contribution in [3.05, 3.63) is 76.0 Å². The smallest absolute Gasteiger partial charge is 0.339 e. The van der Waals surface area contributed by atoms with Crippen LogP contribution in [0.1, 0.15) is 41.5 Å². The minimum Gasteiger partial charge on any atom is -0.339 e. The van der Waals surface area contributed by atoms with E-state index in [0.29, 0.717) is 36.7 Å². The van der Waals surface area contributed by atoms with E-state index < -0.39 is 0 Å². The van der Waals surface area contributed by atoms with E-state index in [0.717, 1.165) is 29.9 Å². The minimum absolute atomic E-state index is 0.00517. The third-order valence-electron chi connectivity index (χ3n) is 5.92. The van der Waals surface area contributed by atoms with Crippen molar-refractivity contribution >= 4 is 17.5 Å². The molecule has 0 bridgehead atoms. The quantitative estimate of drug-likeness (QED) is 0.646. The predicted molar refractivity (Wildman–Crippen MR) is 122 cm³/mol. The number of rotatable bonds is 5. The van der Waals surface area contributed by atoms with E-state index in [1.807, 2.05) is 36.1 Å². The number of para-hydroxylation sites is 1. The van der Waals surface area contributed by atoms with E-state index in [4.69, 9.17) is 0 Å². The van der Waals surface area contributed by atoms with Crippen LogP contribution < -0.4 is 11.0 Å². The van der Waals surface area contributed by atoms with E-state index in [1.165, 1.54) is 6.92 Å². The number of H-pyrrole nitrogens is 1. The highest BCUT2D eigenvalue weighted by Gasteiger charge is 2.25. The van der Waals surface area contributed by atoms with Gasteiger partial charge < -0.3 is 10.2 Å². The molecule has 1 aromatic heterocycles. The number of nitrogens with one attached hydrogen (secondary N) is 2. The van der Waals surface area contributed by atoms with Gasteiger partial charge in [0.05, 0.1) is 5.69 Å². The highest BCUT2D eigenvalue weighted by molar-refractivity contribution is 5.95. The molecule has 8 heteroatoms. The highest BCUT2D eigenvalue weighted by atomic mass is 16.2. The average Bonchev–Trinajstić information content (AvgIpc) is 3.14. The zero-order valence-corrected chi connectivity index (χ0v) is 18.3. The summed E-state index contributed by atoms with van der Waals surface area (Å²) in [7, 11) is 0. The van der Waals surface area contributed by atoms with Crippen LogP contribution in [0.3, 0.4) is 0 Å². The highest BCUT2D eigenvalue weighted by Crippen LogP contribution is 2.24. The number of nitrogens with zero attached hydrogens (tertiary/aromatic N) is 3. The summed E-state index contributed by atoms with van der Waals surface area (Å²) in [6, 6.07) is 14.7. The first-order valence-corrected chi connectivity index (χ1v) is 10.8. The number of aryl methyl sites for hydroxylation is 1. The number of anilines is 1. The van der Waals surface area contributed by atoms with Crippen molar-refractivity contribution in [2.24, 2.45) is 5.92 Å². The number of hydrogen-bond donors (Lipinski definition) is 2. The molecule has 8 nitrogen and oxygen atoms in total. The molecule has 3 aromatic rings. The Morgan fingerprint density at radius 1 is 1.09 bits per heavy atom. The van der Waals surface area contributed by atoms with Crippen LogP contribution in [-0.2, 0) is 11.2 Å². The number of carbonyl (C=O) groups is 2. The summed E-state index contributed by atoms with van der Waals surface area (Å²) in [5.74, 6) is 0.923. The molecule has 166 valence electrons. The molecule has 1 aliphatic heterocycles. The largest absolute Gasteiger partial charge is 0.347 e. The van der Waals surface area contributed by atoms with Crippen molar-refractivity contribution in [3.8, 4) is 5.69 Å². The molecule has 2 aromatic carbocycles. The lowest BCUT2D eigenvalue weighted by molar-refractivity contribution is -0.114. The van der Waals surface area contributed by atoms with Gasteiger partial charge in [-0.2, -0.15) is 5.10 Å². The molecule has 0 radical (unpaired) electrons. The maximum atomic E-state index is 12.9. The van der Waals surface area contributed by atoms with Gasteiger partial charge in [-0.25, -0.2) is 14.5 Å². The van der Waals surface area contributed by atoms with E-state index in [9.17, 15) is 14.4 Å². The van der Waals surface area contributed by atoms with Crippen molar-refractivity contribution in [1.82, 2.24) is 19.7 Å². The van der Waals surface area contributed by atoms with Gasteiger partial charge in [0.15, 0.2) is 0 Å². The number of aromatic amines is 1. The topological polar surface area (TPSA) is 100 Å². The van der Waals surface area contributed by atoms with Gasteiger partial charge in [0, 0.05) is 37.7 Å². The molecule has 4 rings (SSSR count). The lowest BCUT2D eigenvalue weighted by atomic mass is 9.92. The minimum atomic E-state index is -0.232. The van der Waals surface area contributed by atoms with Crippen LogP contribution >= 0.6 is 0 Å². The molecular weight excluding hydrogens is 406 g/mol. The van der Waals surface area contributed by atoms with Crippen molar-refractivity contribution in [2.45, 2.75) is 33.1 Å². The molecule has 2 amide bonds. The molecule has 0 aliphatic carbocycles. The summed E-state index contributed by atoms with van der Waals surface area (Å²) in [6.45, 7) is 4.75. The van der Waals surface area contributed by atoms with E-state index >= 15 is 0 Å². The molecule has 2 N–H and O–H groups in total. The van der Waals surface area contributed by atoms with Gasteiger partial charge in [0.2, 0.25) is 5.91 Å². The Kier molecular flexibility index (Phi) is 6.20. The maximum Gasteiger partial charge on any atom is 0.347 e. The molecule has 1 aliphatic rings. The summed E-state index contributed by atoms with van der Waals surface area (Å²) < 4.78 is 1.66. The van der Waals surface area contributed by atoms with Gasteiger partial charge in [0.1, 0.15) is 5.82 Å². The molecule has 0 atom stereocenters. The van der Waals surface area contributed by atoms with Crippen molar-refractivity contribution < 1.29 is 9.59 Å². The SMILES string of the molecule is CC(=O)Nc1ccc(C(=O)N2CCC(Cc3n[nH]c(=O)n3-c3ccccc3C)CC2)cc1. The standard InChI is InChI=1S/C24H27N5O3/c1-16-5-3-4-6-21(16)29-22(26-27-24(29)32)15-18-11-13-28(14-12-18)23(31)19-7-9-20(10-8-19)25-17(2)30/h3-10,18H,11-15H2,1-2H3,(H,25,30)(H,27,32). The number of piperidine rings is 1. The number of likely N-dealkylation sites (tertiary alicyclic amines) is 1. The molecule has 1 fully saturated rings.